The lowest BCUT2D eigenvalue weighted by Gasteiger charge is -2.27. The highest BCUT2D eigenvalue weighted by atomic mass is 35.5. The van der Waals surface area contributed by atoms with E-state index in [1.54, 1.807) is 15.8 Å². The molecule has 23 heavy (non-hydrogen) atoms. The van der Waals surface area contributed by atoms with Gasteiger partial charge in [0.05, 0.1) is 41.3 Å². The minimum atomic E-state index is -0.550. The third-order valence-electron chi connectivity index (χ3n) is 4.08. The van der Waals surface area contributed by atoms with Crippen LogP contribution < -0.4 is 0 Å². The van der Waals surface area contributed by atoms with Crippen LogP contribution in [0.1, 0.15) is 36.5 Å². The van der Waals surface area contributed by atoms with E-state index in [4.69, 9.17) is 11.6 Å². The molecule has 1 amide bonds. The van der Waals surface area contributed by atoms with Crippen LogP contribution in [0.3, 0.4) is 0 Å². The SMILES string of the molecule is CC[C@@H](O)c1cc2n(n1)CCN(C(=O)Cn1cc(Cl)c(C)n1)C2. The molecule has 1 aliphatic heterocycles. The van der Waals surface area contributed by atoms with Gasteiger partial charge >= 0.3 is 0 Å². The van der Waals surface area contributed by atoms with Gasteiger partial charge in [-0.25, -0.2) is 0 Å². The van der Waals surface area contributed by atoms with Gasteiger partial charge in [0.25, 0.3) is 0 Å². The minimum absolute atomic E-state index is 0.00536. The Labute approximate surface area is 139 Å². The first-order valence-electron chi connectivity index (χ1n) is 7.70. The maximum absolute atomic E-state index is 12.4. The van der Waals surface area contributed by atoms with Gasteiger partial charge in [-0.15, -0.1) is 0 Å². The first kappa shape index (κ1) is 16.0. The van der Waals surface area contributed by atoms with Gasteiger partial charge in [0.2, 0.25) is 5.91 Å². The van der Waals surface area contributed by atoms with Crippen LogP contribution in [-0.2, 0) is 24.4 Å². The third-order valence-corrected chi connectivity index (χ3v) is 4.45. The number of hydrogen-bond acceptors (Lipinski definition) is 4. The van der Waals surface area contributed by atoms with Crippen molar-refractivity contribution in [2.75, 3.05) is 6.54 Å². The number of amides is 1. The van der Waals surface area contributed by atoms with E-state index >= 15 is 0 Å². The van der Waals surface area contributed by atoms with Crippen LogP contribution in [0.2, 0.25) is 5.02 Å². The molecule has 2 aromatic heterocycles. The molecule has 124 valence electrons. The molecule has 0 radical (unpaired) electrons. The van der Waals surface area contributed by atoms with Crippen molar-refractivity contribution in [1.29, 1.82) is 0 Å². The number of carbonyl (C=O) groups is 1. The van der Waals surface area contributed by atoms with Crippen molar-refractivity contribution in [3.05, 3.63) is 34.4 Å². The average molecular weight is 338 g/mol. The van der Waals surface area contributed by atoms with E-state index in [-0.39, 0.29) is 12.5 Å². The van der Waals surface area contributed by atoms with E-state index in [0.717, 1.165) is 11.4 Å². The van der Waals surface area contributed by atoms with Gasteiger partial charge in [-0.2, -0.15) is 10.2 Å². The summed E-state index contributed by atoms with van der Waals surface area (Å²) in [5.41, 5.74) is 2.34. The van der Waals surface area contributed by atoms with Gasteiger partial charge in [0.1, 0.15) is 6.54 Å². The van der Waals surface area contributed by atoms with Crippen LogP contribution in [0, 0.1) is 6.92 Å². The Hall–Kier alpha value is -1.86. The second-order valence-corrected chi connectivity index (χ2v) is 6.19. The normalized spacial score (nSPS) is 15.6. The highest BCUT2D eigenvalue weighted by molar-refractivity contribution is 6.31. The second kappa shape index (κ2) is 6.33. The Bertz CT molecular complexity index is 704. The second-order valence-electron chi connectivity index (χ2n) is 5.78. The Morgan fingerprint density at radius 1 is 1.43 bits per heavy atom. The van der Waals surface area contributed by atoms with Crippen molar-refractivity contribution in [1.82, 2.24) is 24.5 Å². The molecule has 0 saturated carbocycles. The molecule has 2 aromatic rings. The summed E-state index contributed by atoms with van der Waals surface area (Å²) in [5, 5.41) is 19.1. The van der Waals surface area contributed by atoms with Crippen LogP contribution in [-0.4, -0.2) is 42.0 Å². The zero-order chi connectivity index (χ0) is 16.6. The first-order valence-corrected chi connectivity index (χ1v) is 8.07. The van der Waals surface area contributed by atoms with E-state index in [1.165, 1.54) is 0 Å². The predicted octanol–water partition coefficient (Wildman–Crippen LogP) is 1.53. The summed E-state index contributed by atoms with van der Waals surface area (Å²) in [6.07, 6.45) is 1.74. The average Bonchev–Trinajstić information content (AvgIpc) is 3.09. The van der Waals surface area contributed by atoms with Crippen molar-refractivity contribution in [2.45, 2.75) is 46.0 Å². The number of nitrogens with zero attached hydrogens (tertiary/aromatic N) is 5. The fraction of sp³-hybridized carbons (Fsp3) is 0.533. The van der Waals surface area contributed by atoms with Gasteiger partial charge in [0, 0.05) is 12.7 Å². The topological polar surface area (TPSA) is 76.2 Å². The summed E-state index contributed by atoms with van der Waals surface area (Å²) in [6, 6.07) is 1.88. The van der Waals surface area contributed by atoms with Crippen molar-refractivity contribution in [2.24, 2.45) is 0 Å². The summed E-state index contributed by atoms with van der Waals surface area (Å²) in [5.74, 6) is -0.00536. The highest BCUT2D eigenvalue weighted by Crippen LogP contribution is 2.20. The molecule has 0 saturated heterocycles. The summed E-state index contributed by atoms with van der Waals surface area (Å²) in [7, 11) is 0. The fourth-order valence-electron chi connectivity index (χ4n) is 2.69. The minimum Gasteiger partial charge on any atom is -0.387 e. The van der Waals surface area contributed by atoms with Crippen molar-refractivity contribution >= 4 is 17.5 Å². The molecule has 7 nitrogen and oxygen atoms in total. The highest BCUT2D eigenvalue weighted by Gasteiger charge is 2.24. The zero-order valence-electron chi connectivity index (χ0n) is 13.2. The Morgan fingerprint density at radius 3 is 2.87 bits per heavy atom. The zero-order valence-corrected chi connectivity index (χ0v) is 14.0. The molecular weight excluding hydrogens is 318 g/mol. The number of aromatic nitrogens is 4. The van der Waals surface area contributed by atoms with Crippen molar-refractivity contribution < 1.29 is 9.90 Å². The molecule has 0 fully saturated rings. The van der Waals surface area contributed by atoms with Crippen LogP contribution in [0.5, 0.6) is 0 Å². The van der Waals surface area contributed by atoms with Gasteiger partial charge in [-0.1, -0.05) is 18.5 Å². The molecule has 0 aromatic carbocycles. The number of aliphatic hydroxyl groups is 1. The van der Waals surface area contributed by atoms with E-state index in [0.29, 0.717) is 36.8 Å². The standard InChI is InChI=1S/C15H20ClN5O2/c1-3-14(22)13-6-11-7-19(4-5-21(11)18-13)15(23)9-20-8-12(16)10(2)17-20/h6,8,14,22H,3-5,7,9H2,1-2H3/t14-/m1/s1. The maximum atomic E-state index is 12.4. The van der Waals surface area contributed by atoms with Gasteiger partial charge < -0.3 is 10.0 Å². The molecule has 3 rings (SSSR count). The van der Waals surface area contributed by atoms with Gasteiger partial charge in [0.15, 0.2) is 0 Å². The number of hydrogen-bond donors (Lipinski definition) is 1. The predicted molar refractivity (Wildman–Crippen MR) is 84.9 cm³/mol. The monoisotopic (exact) mass is 337 g/mol. The Kier molecular flexibility index (Phi) is 4.41. The number of aryl methyl sites for hydroxylation is 1. The van der Waals surface area contributed by atoms with E-state index in [2.05, 4.69) is 10.2 Å². The summed E-state index contributed by atoms with van der Waals surface area (Å²) in [4.78, 5) is 14.2. The third kappa shape index (κ3) is 3.25. The van der Waals surface area contributed by atoms with E-state index < -0.39 is 6.10 Å². The smallest absolute Gasteiger partial charge is 0.244 e. The summed E-state index contributed by atoms with van der Waals surface area (Å²) in [6.45, 7) is 5.63. The number of halogens is 1. The van der Waals surface area contributed by atoms with E-state index in [9.17, 15) is 9.90 Å². The van der Waals surface area contributed by atoms with E-state index in [1.807, 2.05) is 24.6 Å². The van der Waals surface area contributed by atoms with Crippen molar-refractivity contribution in [3.8, 4) is 0 Å². The largest absolute Gasteiger partial charge is 0.387 e. The molecular formula is C15H20ClN5O2. The van der Waals surface area contributed by atoms with Crippen molar-refractivity contribution in [3.63, 3.8) is 0 Å². The Balaban J connectivity index is 1.68. The number of carbonyl (C=O) groups excluding carboxylic acids is 1. The first-order chi connectivity index (χ1) is 11.0. The molecule has 0 bridgehead atoms. The van der Waals surface area contributed by atoms with Crippen LogP contribution in [0.15, 0.2) is 12.3 Å². The maximum Gasteiger partial charge on any atom is 0.244 e. The molecule has 1 atom stereocenters. The van der Waals surface area contributed by atoms with Gasteiger partial charge in [-0.3, -0.25) is 14.2 Å². The lowest BCUT2D eigenvalue weighted by molar-refractivity contribution is -0.133. The number of rotatable bonds is 4. The molecule has 1 aliphatic rings. The molecule has 8 heteroatoms. The van der Waals surface area contributed by atoms with Crippen LogP contribution >= 0.6 is 11.6 Å². The molecule has 1 N–H and O–H groups in total. The molecule has 3 heterocycles. The summed E-state index contributed by atoms with van der Waals surface area (Å²) >= 11 is 5.97. The molecule has 0 unspecified atom stereocenters. The van der Waals surface area contributed by atoms with Crippen LogP contribution in [0.25, 0.3) is 0 Å². The molecule has 0 spiro atoms. The quantitative estimate of drug-likeness (QED) is 0.918. The van der Waals surface area contributed by atoms with Gasteiger partial charge in [-0.05, 0) is 19.4 Å². The number of aliphatic hydroxyl groups excluding tert-OH is 1. The lowest BCUT2D eigenvalue weighted by Crippen LogP contribution is -2.40. The molecule has 0 aliphatic carbocycles. The lowest BCUT2D eigenvalue weighted by atomic mass is 10.2. The summed E-state index contributed by atoms with van der Waals surface area (Å²) < 4.78 is 3.44. The number of fused-ring (bicyclic) bond motifs is 1. The van der Waals surface area contributed by atoms with Crippen LogP contribution in [0.4, 0.5) is 0 Å². The fourth-order valence-corrected chi connectivity index (χ4v) is 2.84. The Morgan fingerprint density at radius 2 is 2.22 bits per heavy atom.